The molecule has 0 saturated carbocycles. The molecule has 8 nitrogen and oxygen atoms in total. The Morgan fingerprint density at radius 3 is 2.47 bits per heavy atom. The topological polar surface area (TPSA) is 99.2 Å². The fourth-order valence-electron chi connectivity index (χ4n) is 4.36. The molecule has 2 N–H and O–H groups in total. The average Bonchev–Trinajstić information content (AvgIpc) is 2.78. The van der Waals surface area contributed by atoms with Gasteiger partial charge in [-0.25, -0.2) is 0 Å². The van der Waals surface area contributed by atoms with E-state index in [1.807, 2.05) is 36.4 Å². The molecule has 1 saturated heterocycles. The highest BCUT2D eigenvalue weighted by Gasteiger charge is 2.28. The van der Waals surface area contributed by atoms with Gasteiger partial charge in [0.05, 0.1) is 13.4 Å². The van der Waals surface area contributed by atoms with Crippen LogP contribution < -0.4 is 15.0 Å². The van der Waals surface area contributed by atoms with Gasteiger partial charge in [0, 0.05) is 54.1 Å². The molecule has 0 spiro atoms. The van der Waals surface area contributed by atoms with Crippen LogP contribution >= 0.6 is 11.6 Å². The molecule has 0 bridgehead atoms. The van der Waals surface area contributed by atoms with E-state index in [4.69, 9.17) is 20.9 Å². The van der Waals surface area contributed by atoms with E-state index in [0.717, 1.165) is 74.0 Å². The molecule has 2 aliphatic rings. The maximum absolute atomic E-state index is 12.5. The van der Waals surface area contributed by atoms with Gasteiger partial charge in [-0.05, 0) is 56.1 Å². The van der Waals surface area contributed by atoms with Crippen molar-refractivity contribution in [1.82, 2.24) is 4.90 Å². The van der Waals surface area contributed by atoms with Crippen LogP contribution in [-0.2, 0) is 21.3 Å². The van der Waals surface area contributed by atoms with Crippen LogP contribution in [0.2, 0.25) is 5.02 Å². The van der Waals surface area contributed by atoms with Crippen molar-refractivity contribution in [1.29, 1.82) is 0 Å². The van der Waals surface area contributed by atoms with Crippen molar-refractivity contribution in [2.45, 2.75) is 19.3 Å². The van der Waals surface area contributed by atoms with Crippen LogP contribution in [0.15, 0.2) is 42.5 Å². The minimum absolute atomic E-state index is 0.0200. The number of benzene rings is 2. The van der Waals surface area contributed by atoms with Crippen molar-refractivity contribution in [3.05, 3.63) is 53.1 Å². The SMILES string of the molecule is COc1cccc2c1CC(CCCN1CCN(c3cccc(Cl)c3)CC1)C(=O)N2.CS(=O)(=O)O. The van der Waals surface area contributed by atoms with Gasteiger partial charge in [0.2, 0.25) is 5.91 Å². The van der Waals surface area contributed by atoms with E-state index in [1.165, 1.54) is 5.69 Å². The summed E-state index contributed by atoms with van der Waals surface area (Å²) in [4.78, 5) is 17.4. The van der Waals surface area contributed by atoms with Gasteiger partial charge >= 0.3 is 0 Å². The van der Waals surface area contributed by atoms with Gasteiger partial charge in [0.25, 0.3) is 10.1 Å². The Hall–Kier alpha value is -2.33. The van der Waals surface area contributed by atoms with Crippen LogP contribution in [0.4, 0.5) is 11.4 Å². The number of nitrogens with one attached hydrogen (secondary N) is 1. The van der Waals surface area contributed by atoms with E-state index in [1.54, 1.807) is 7.11 Å². The quantitative estimate of drug-likeness (QED) is 0.574. The normalized spacial score (nSPS) is 18.4. The molecule has 0 radical (unpaired) electrons. The summed E-state index contributed by atoms with van der Waals surface area (Å²) in [6.45, 7) is 5.13. The molecular weight excluding hydrogens is 478 g/mol. The first-order chi connectivity index (χ1) is 16.1. The van der Waals surface area contributed by atoms with Gasteiger partial charge in [0.15, 0.2) is 0 Å². The molecule has 1 amide bonds. The summed E-state index contributed by atoms with van der Waals surface area (Å²) in [5.41, 5.74) is 3.21. The fourth-order valence-corrected chi connectivity index (χ4v) is 4.54. The molecule has 34 heavy (non-hydrogen) atoms. The molecule has 2 heterocycles. The van der Waals surface area contributed by atoms with E-state index in [0.29, 0.717) is 6.26 Å². The van der Waals surface area contributed by atoms with Crippen molar-refractivity contribution in [2.75, 3.05) is 56.3 Å². The third-order valence-electron chi connectivity index (χ3n) is 6.00. The average molecular weight is 510 g/mol. The summed E-state index contributed by atoms with van der Waals surface area (Å²) in [5, 5.41) is 3.84. The van der Waals surface area contributed by atoms with Crippen LogP contribution in [-0.4, -0.2) is 69.9 Å². The third-order valence-corrected chi connectivity index (χ3v) is 6.24. The largest absolute Gasteiger partial charge is 0.496 e. The lowest BCUT2D eigenvalue weighted by molar-refractivity contribution is -0.120. The standard InChI is InChI=1S/C23H28ClN3O2.CH4O3S/c1-29-22-9-3-8-21-20(22)15-17(23(28)25-21)5-4-10-26-11-13-27(14-12-26)19-7-2-6-18(24)16-19;1-5(2,3)4/h2-3,6-9,16-17H,4-5,10-15H2,1H3,(H,25,28);1H3,(H,2,3,4). The molecule has 2 aliphatic heterocycles. The number of rotatable bonds is 6. The number of hydrogen-bond donors (Lipinski definition) is 2. The maximum Gasteiger partial charge on any atom is 0.261 e. The number of piperazine rings is 1. The Labute approximate surface area is 206 Å². The van der Waals surface area contributed by atoms with Gasteiger partial charge in [0.1, 0.15) is 5.75 Å². The predicted octanol–water partition coefficient (Wildman–Crippen LogP) is 3.57. The van der Waals surface area contributed by atoms with Crippen molar-refractivity contribution in [3.63, 3.8) is 0 Å². The van der Waals surface area contributed by atoms with E-state index in [9.17, 15) is 13.2 Å². The summed E-state index contributed by atoms with van der Waals surface area (Å²) in [7, 11) is -1.98. The van der Waals surface area contributed by atoms with Gasteiger partial charge in [-0.2, -0.15) is 8.42 Å². The number of amides is 1. The first kappa shape index (κ1) is 26.3. The molecule has 0 aromatic heterocycles. The lowest BCUT2D eigenvalue weighted by atomic mass is 9.89. The molecule has 4 rings (SSSR count). The summed E-state index contributed by atoms with van der Waals surface area (Å²) in [6.07, 6.45) is 3.40. The Morgan fingerprint density at radius 2 is 1.82 bits per heavy atom. The van der Waals surface area contributed by atoms with Crippen molar-refractivity contribution < 1.29 is 22.5 Å². The summed E-state index contributed by atoms with van der Waals surface area (Å²) in [5.74, 6) is 1.02. The van der Waals surface area contributed by atoms with E-state index in [2.05, 4.69) is 21.2 Å². The number of carbonyl (C=O) groups is 1. The zero-order chi connectivity index (χ0) is 24.7. The Balaban J connectivity index is 0.000000588. The molecular formula is C24H32ClN3O5S. The second kappa shape index (κ2) is 11.9. The molecule has 2 aromatic carbocycles. The number of nitrogens with zero attached hydrogens (tertiary/aromatic N) is 2. The lowest BCUT2D eigenvalue weighted by Gasteiger charge is -2.36. The smallest absolute Gasteiger partial charge is 0.261 e. The Bertz CT molecular complexity index is 1080. The van der Waals surface area contributed by atoms with E-state index in [-0.39, 0.29) is 11.8 Å². The molecule has 10 heteroatoms. The van der Waals surface area contributed by atoms with Crippen molar-refractivity contribution in [3.8, 4) is 5.75 Å². The highest BCUT2D eigenvalue weighted by molar-refractivity contribution is 7.85. The summed E-state index contributed by atoms with van der Waals surface area (Å²) in [6, 6.07) is 13.9. The molecule has 1 atom stereocenters. The van der Waals surface area contributed by atoms with Crippen LogP contribution in [0.25, 0.3) is 0 Å². The minimum atomic E-state index is -3.67. The van der Waals surface area contributed by atoms with Crippen LogP contribution in [0.5, 0.6) is 5.75 Å². The second-order valence-corrected chi connectivity index (χ2v) is 10.5. The van der Waals surface area contributed by atoms with Gasteiger partial charge in [-0.1, -0.05) is 23.7 Å². The molecule has 2 aromatic rings. The molecule has 1 fully saturated rings. The number of anilines is 2. The van der Waals surface area contributed by atoms with Crippen LogP contribution in [0, 0.1) is 5.92 Å². The number of fused-ring (bicyclic) bond motifs is 1. The lowest BCUT2D eigenvalue weighted by Crippen LogP contribution is -2.46. The van der Waals surface area contributed by atoms with Gasteiger partial charge in [-0.15, -0.1) is 0 Å². The van der Waals surface area contributed by atoms with Crippen molar-refractivity contribution >= 4 is 39.0 Å². The van der Waals surface area contributed by atoms with Gasteiger partial charge in [-0.3, -0.25) is 14.2 Å². The fraction of sp³-hybridized carbons (Fsp3) is 0.458. The second-order valence-electron chi connectivity index (χ2n) is 8.56. The predicted molar refractivity (Wildman–Crippen MR) is 136 cm³/mol. The van der Waals surface area contributed by atoms with Crippen LogP contribution in [0.3, 0.4) is 0 Å². The third kappa shape index (κ3) is 7.87. The highest BCUT2D eigenvalue weighted by Crippen LogP contribution is 2.34. The molecule has 1 unspecified atom stereocenters. The highest BCUT2D eigenvalue weighted by atomic mass is 35.5. The van der Waals surface area contributed by atoms with E-state index >= 15 is 0 Å². The van der Waals surface area contributed by atoms with Crippen LogP contribution in [0.1, 0.15) is 18.4 Å². The molecule has 0 aliphatic carbocycles. The van der Waals surface area contributed by atoms with Gasteiger partial charge < -0.3 is 15.0 Å². The number of hydrogen-bond acceptors (Lipinski definition) is 6. The summed E-state index contributed by atoms with van der Waals surface area (Å²) >= 11 is 6.12. The van der Waals surface area contributed by atoms with E-state index < -0.39 is 10.1 Å². The minimum Gasteiger partial charge on any atom is -0.496 e. The zero-order valence-corrected chi connectivity index (χ0v) is 21.1. The first-order valence-corrected chi connectivity index (χ1v) is 13.5. The van der Waals surface area contributed by atoms with Crippen molar-refractivity contribution in [2.24, 2.45) is 5.92 Å². The summed E-state index contributed by atoms with van der Waals surface area (Å²) < 4.78 is 31.3. The number of carbonyl (C=O) groups excluding carboxylic acids is 1. The number of ether oxygens (including phenoxy) is 1. The Kier molecular flexibility index (Phi) is 9.18. The zero-order valence-electron chi connectivity index (χ0n) is 19.5. The molecule has 186 valence electrons. The first-order valence-electron chi connectivity index (χ1n) is 11.3. The Morgan fingerprint density at radius 1 is 1.15 bits per heavy atom. The maximum atomic E-state index is 12.5. The number of methoxy groups -OCH3 is 1. The number of halogens is 1. The monoisotopic (exact) mass is 509 g/mol.